The van der Waals surface area contributed by atoms with Crippen LogP contribution < -0.4 is 14.8 Å². The van der Waals surface area contributed by atoms with Crippen molar-refractivity contribution in [1.29, 1.82) is 0 Å². The quantitative estimate of drug-likeness (QED) is 0.738. The van der Waals surface area contributed by atoms with Gasteiger partial charge in [0.25, 0.3) is 0 Å². The van der Waals surface area contributed by atoms with E-state index in [1.165, 1.54) is 12.1 Å². The molecule has 0 amide bonds. The van der Waals surface area contributed by atoms with Crippen LogP contribution in [0.3, 0.4) is 0 Å². The van der Waals surface area contributed by atoms with Crippen molar-refractivity contribution < 1.29 is 26.3 Å². The van der Waals surface area contributed by atoms with Gasteiger partial charge in [0.2, 0.25) is 10.0 Å². The lowest BCUT2D eigenvalue weighted by Crippen LogP contribution is -2.27. The van der Waals surface area contributed by atoms with Crippen LogP contribution in [0, 0.1) is 0 Å². The van der Waals surface area contributed by atoms with Crippen LogP contribution in [-0.4, -0.2) is 34.9 Å². The molecule has 5 nitrogen and oxygen atoms in total. The molecular weight excluding hydrogens is 333 g/mol. The Balaban J connectivity index is 0.00000400. The third kappa shape index (κ3) is 7.51. The predicted molar refractivity (Wildman–Crippen MR) is 74.1 cm³/mol. The molecule has 0 unspecified atom stereocenters. The lowest BCUT2D eigenvalue weighted by atomic mass is 10.3. The van der Waals surface area contributed by atoms with E-state index in [0.29, 0.717) is 13.0 Å². The van der Waals surface area contributed by atoms with E-state index in [1.54, 1.807) is 7.05 Å². The number of ether oxygens (including phenoxy) is 1. The van der Waals surface area contributed by atoms with Crippen LogP contribution in [0.4, 0.5) is 13.2 Å². The van der Waals surface area contributed by atoms with Crippen molar-refractivity contribution in [3.05, 3.63) is 24.3 Å². The van der Waals surface area contributed by atoms with Gasteiger partial charge in [-0.25, -0.2) is 13.1 Å². The Bertz CT molecular complexity index is 538. The fourth-order valence-electron chi connectivity index (χ4n) is 1.39. The Kier molecular flexibility index (Phi) is 8.01. The molecule has 1 aromatic carbocycles. The number of benzene rings is 1. The number of sulfonamides is 1. The van der Waals surface area contributed by atoms with Gasteiger partial charge in [-0.15, -0.1) is 25.6 Å². The van der Waals surface area contributed by atoms with Gasteiger partial charge < -0.3 is 10.1 Å². The van der Waals surface area contributed by atoms with Crippen LogP contribution in [0.25, 0.3) is 0 Å². The second-order valence-corrected chi connectivity index (χ2v) is 5.64. The molecule has 122 valence electrons. The lowest BCUT2D eigenvalue weighted by molar-refractivity contribution is -0.274. The highest BCUT2D eigenvalue weighted by Gasteiger charge is 2.31. The van der Waals surface area contributed by atoms with Crippen LogP contribution in [-0.2, 0) is 10.0 Å². The second-order valence-electron chi connectivity index (χ2n) is 3.88. The first-order valence-corrected chi connectivity index (χ1v) is 7.23. The normalized spacial score (nSPS) is 11.8. The largest absolute Gasteiger partial charge is 0.573 e. The summed E-state index contributed by atoms with van der Waals surface area (Å²) in [6, 6.07) is 4.24. The van der Waals surface area contributed by atoms with E-state index in [1.807, 2.05) is 0 Å². The molecule has 0 fully saturated rings. The Hall–Kier alpha value is -1.03. The fraction of sp³-hybridized carbons (Fsp3) is 0.455. The maximum Gasteiger partial charge on any atom is 0.573 e. The Morgan fingerprint density at radius 2 is 1.90 bits per heavy atom. The average molecular weight is 349 g/mol. The molecule has 2 N–H and O–H groups in total. The molecule has 0 heterocycles. The smallest absolute Gasteiger partial charge is 0.406 e. The van der Waals surface area contributed by atoms with E-state index in [2.05, 4.69) is 14.8 Å². The van der Waals surface area contributed by atoms with Crippen molar-refractivity contribution in [2.45, 2.75) is 17.7 Å². The molecule has 0 atom stereocenters. The number of hydrogen-bond donors (Lipinski definition) is 2. The van der Waals surface area contributed by atoms with Gasteiger partial charge in [-0.05, 0) is 32.1 Å². The minimum atomic E-state index is -4.86. The summed E-state index contributed by atoms with van der Waals surface area (Å²) in [5, 5.41) is 2.85. The number of hydrogen-bond acceptors (Lipinski definition) is 4. The van der Waals surface area contributed by atoms with Gasteiger partial charge in [-0.1, -0.05) is 6.07 Å². The van der Waals surface area contributed by atoms with Crippen molar-refractivity contribution >= 4 is 22.4 Å². The van der Waals surface area contributed by atoms with Crippen LogP contribution >= 0.6 is 12.4 Å². The summed E-state index contributed by atoms with van der Waals surface area (Å²) >= 11 is 0. The van der Waals surface area contributed by atoms with E-state index in [-0.39, 0.29) is 23.8 Å². The first kappa shape index (κ1) is 20.0. The molecule has 21 heavy (non-hydrogen) atoms. The molecule has 0 saturated carbocycles. The monoisotopic (exact) mass is 348 g/mol. The summed E-state index contributed by atoms with van der Waals surface area (Å²) in [5.74, 6) is -0.574. The number of rotatable bonds is 7. The minimum Gasteiger partial charge on any atom is -0.406 e. The van der Waals surface area contributed by atoms with Crippen LogP contribution in [0.1, 0.15) is 6.42 Å². The third-order valence-corrected chi connectivity index (χ3v) is 3.70. The number of halogens is 4. The van der Waals surface area contributed by atoms with Crippen molar-refractivity contribution in [3.8, 4) is 5.75 Å². The maximum atomic E-state index is 12.1. The molecular formula is C11H16ClF3N2O3S. The maximum absolute atomic E-state index is 12.1. The highest BCUT2D eigenvalue weighted by Crippen LogP contribution is 2.24. The van der Waals surface area contributed by atoms with E-state index in [4.69, 9.17) is 0 Å². The summed E-state index contributed by atoms with van der Waals surface area (Å²) in [5.41, 5.74) is 0. The van der Waals surface area contributed by atoms with Gasteiger partial charge in [-0.2, -0.15) is 0 Å². The zero-order valence-corrected chi connectivity index (χ0v) is 12.7. The molecule has 0 aromatic heterocycles. The van der Waals surface area contributed by atoms with E-state index < -0.39 is 22.1 Å². The van der Waals surface area contributed by atoms with Crippen LogP contribution in [0.2, 0.25) is 0 Å². The van der Waals surface area contributed by atoms with Crippen molar-refractivity contribution in [1.82, 2.24) is 10.0 Å². The molecule has 0 saturated heterocycles. The topological polar surface area (TPSA) is 67.4 Å². The van der Waals surface area contributed by atoms with Gasteiger partial charge in [0, 0.05) is 12.6 Å². The van der Waals surface area contributed by atoms with Gasteiger partial charge in [0.1, 0.15) is 5.75 Å². The molecule has 1 rings (SSSR count). The summed E-state index contributed by atoms with van der Waals surface area (Å²) in [6.45, 7) is 0.813. The summed E-state index contributed by atoms with van der Waals surface area (Å²) < 4.78 is 65.9. The van der Waals surface area contributed by atoms with Crippen molar-refractivity contribution in [3.63, 3.8) is 0 Å². The van der Waals surface area contributed by atoms with Crippen LogP contribution in [0.5, 0.6) is 5.75 Å². The van der Waals surface area contributed by atoms with E-state index >= 15 is 0 Å². The van der Waals surface area contributed by atoms with E-state index in [9.17, 15) is 21.6 Å². The van der Waals surface area contributed by atoms with Gasteiger partial charge in [0.15, 0.2) is 0 Å². The van der Waals surface area contributed by atoms with E-state index in [0.717, 1.165) is 12.1 Å². The molecule has 1 aromatic rings. The Morgan fingerprint density at radius 3 is 2.48 bits per heavy atom. The first-order chi connectivity index (χ1) is 9.24. The Morgan fingerprint density at radius 1 is 1.24 bits per heavy atom. The highest BCUT2D eigenvalue weighted by molar-refractivity contribution is 7.89. The fourth-order valence-corrected chi connectivity index (χ4v) is 2.50. The summed E-state index contributed by atoms with van der Waals surface area (Å²) in [6.07, 6.45) is -4.29. The SMILES string of the molecule is CNCCCNS(=O)(=O)c1cccc(OC(F)(F)F)c1.Cl. The molecule has 0 aliphatic carbocycles. The van der Waals surface area contributed by atoms with Gasteiger partial charge in [0.05, 0.1) is 4.90 Å². The molecule has 0 aliphatic rings. The summed E-state index contributed by atoms with van der Waals surface area (Å²) in [7, 11) is -2.12. The second kappa shape index (κ2) is 8.42. The molecule has 0 bridgehead atoms. The zero-order valence-electron chi connectivity index (χ0n) is 11.1. The minimum absolute atomic E-state index is 0. The van der Waals surface area contributed by atoms with Crippen molar-refractivity contribution in [2.75, 3.05) is 20.1 Å². The standard InChI is InChI=1S/C11H15F3N2O3S.ClH/c1-15-6-3-7-16-20(17,18)10-5-2-4-9(8-10)19-11(12,13)14;/h2,4-5,8,15-16H,3,6-7H2,1H3;1H. The predicted octanol–water partition coefficient (Wildman–Crippen LogP) is 1.89. The molecule has 10 heteroatoms. The van der Waals surface area contributed by atoms with Gasteiger partial charge >= 0.3 is 6.36 Å². The first-order valence-electron chi connectivity index (χ1n) is 5.75. The van der Waals surface area contributed by atoms with Crippen molar-refractivity contribution in [2.24, 2.45) is 0 Å². The molecule has 0 radical (unpaired) electrons. The number of nitrogens with one attached hydrogen (secondary N) is 2. The zero-order chi connectivity index (χ0) is 15.2. The molecule has 0 aliphatic heterocycles. The average Bonchev–Trinajstić information content (AvgIpc) is 2.33. The highest BCUT2D eigenvalue weighted by atomic mass is 35.5. The number of alkyl halides is 3. The Labute approximate surface area is 127 Å². The molecule has 0 spiro atoms. The lowest BCUT2D eigenvalue weighted by Gasteiger charge is -2.11. The third-order valence-electron chi connectivity index (χ3n) is 2.25. The van der Waals surface area contributed by atoms with Gasteiger partial charge in [-0.3, -0.25) is 0 Å². The summed E-state index contributed by atoms with van der Waals surface area (Å²) in [4.78, 5) is -0.274. The van der Waals surface area contributed by atoms with Crippen LogP contribution in [0.15, 0.2) is 29.2 Å².